The Balaban J connectivity index is 0.00000361. The van der Waals surface area contributed by atoms with E-state index in [1.807, 2.05) is 0 Å². The molecule has 0 radical (unpaired) electrons. The van der Waals surface area contributed by atoms with Crippen LogP contribution < -0.4 is 15.2 Å². The molecule has 8 heteroatoms. The Morgan fingerprint density at radius 1 is 1.25 bits per heavy atom. The molecule has 0 saturated carbocycles. The molecule has 0 aliphatic heterocycles. The van der Waals surface area contributed by atoms with Crippen molar-refractivity contribution in [1.29, 1.82) is 0 Å². The molecule has 0 aromatic heterocycles. The van der Waals surface area contributed by atoms with Crippen molar-refractivity contribution in [3.05, 3.63) is 23.8 Å². The van der Waals surface area contributed by atoms with E-state index in [0.717, 1.165) is 0 Å². The maximum absolute atomic E-state index is 12.3. The van der Waals surface area contributed by atoms with Crippen LogP contribution in [0.2, 0.25) is 0 Å². The highest BCUT2D eigenvalue weighted by Crippen LogP contribution is 2.33. The van der Waals surface area contributed by atoms with Gasteiger partial charge in [-0.05, 0) is 12.1 Å². The van der Waals surface area contributed by atoms with Crippen LogP contribution in [0.4, 0.5) is 13.2 Å². The van der Waals surface area contributed by atoms with Crippen molar-refractivity contribution in [2.75, 3.05) is 14.2 Å². The van der Waals surface area contributed by atoms with Gasteiger partial charge in [0.05, 0.1) is 20.3 Å². The van der Waals surface area contributed by atoms with Crippen LogP contribution in [0.25, 0.3) is 0 Å². The molecule has 2 atom stereocenters. The third kappa shape index (κ3) is 4.73. The Morgan fingerprint density at radius 2 is 1.85 bits per heavy atom. The first-order chi connectivity index (χ1) is 8.79. The van der Waals surface area contributed by atoms with E-state index in [9.17, 15) is 18.3 Å². The minimum Gasteiger partial charge on any atom is -0.497 e. The molecule has 0 saturated heterocycles. The molecule has 3 N–H and O–H groups in total. The molecule has 4 nitrogen and oxygen atoms in total. The number of rotatable bonds is 5. The van der Waals surface area contributed by atoms with E-state index in [1.54, 1.807) is 0 Å². The average Bonchev–Trinajstić information content (AvgIpc) is 2.36. The molecule has 1 aromatic rings. The number of ether oxygens (including phenoxy) is 2. The summed E-state index contributed by atoms with van der Waals surface area (Å²) in [5.74, 6) is 0.731. The molecule has 0 aliphatic rings. The molecule has 0 fully saturated rings. The average molecular weight is 316 g/mol. The summed E-state index contributed by atoms with van der Waals surface area (Å²) in [6.07, 6.45) is -6.54. The monoisotopic (exact) mass is 315 g/mol. The van der Waals surface area contributed by atoms with Gasteiger partial charge in [0.25, 0.3) is 0 Å². The molecule has 0 amide bonds. The zero-order valence-electron chi connectivity index (χ0n) is 11.0. The fourth-order valence-corrected chi connectivity index (χ4v) is 1.59. The van der Waals surface area contributed by atoms with Crippen molar-refractivity contribution < 1.29 is 27.8 Å². The van der Waals surface area contributed by atoms with E-state index >= 15 is 0 Å². The van der Waals surface area contributed by atoms with E-state index in [2.05, 4.69) is 0 Å². The maximum atomic E-state index is 12.3. The quantitative estimate of drug-likeness (QED) is 0.876. The topological polar surface area (TPSA) is 64.7 Å². The van der Waals surface area contributed by atoms with Crippen LogP contribution >= 0.6 is 12.4 Å². The largest absolute Gasteiger partial charge is 0.497 e. The highest BCUT2D eigenvalue weighted by atomic mass is 35.5. The van der Waals surface area contributed by atoms with Gasteiger partial charge < -0.3 is 20.3 Å². The van der Waals surface area contributed by atoms with E-state index in [4.69, 9.17) is 15.2 Å². The molecule has 116 valence electrons. The summed E-state index contributed by atoms with van der Waals surface area (Å²) in [4.78, 5) is 0. The lowest BCUT2D eigenvalue weighted by atomic mass is 10.0. The van der Waals surface area contributed by atoms with E-state index in [-0.39, 0.29) is 23.7 Å². The lowest BCUT2D eigenvalue weighted by Crippen LogP contribution is -2.38. The zero-order chi connectivity index (χ0) is 14.6. The summed E-state index contributed by atoms with van der Waals surface area (Å²) in [5, 5.41) is 9.83. The number of aliphatic hydroxyl groups excluding tert-OH is 1. The van der Waals surface area contributed by atoms with E-state index < -0.39 is 24.7 Å². The molecule has 0 aliphatic carbocycles. The van der Waals surface area contributed by atoms with Crippen LogP contribution in [0.3, 0.4) is 0 Å². The Bertz CT molecular complexity index is 429. The summed E-state index contributed by atoms with van der Waals surface area (Å²) in [7, 11) is 2.80. The van der Waals surface area contributed by atoms with E-state index in [1.165, 1.54) is 32.4 Å². The van der Waals surface area contributed by atoms with Crippen molar-refractivity contribution in [2.24, 2.45) is 5.73 Å². The Kier molecular flexibility index (Phi) is 7.12. The van der Waals surface area contributed by atoms with Gasteiger partial charge in [-0.3, -0.25) is 0 Å². The minimum absolute atomic E-state index is 0. The van der Waals surface area contributed by atoms with Gasteiger partial charge in [-0.25, -0.2) is 0 Å². The molecule has 0 bridgehead atoms. The lowest BCUT2D eigenvalue weighted by Gasteiger charge is -2.21. The number of halogens is 4. The predicted octanol–water partition coefficient (Wildman–Crippen LogP) is 2.44. The standard InChI is InChI=1S/C12H16F3NO3.ClH/c1-18-7-3-4-8(10(5-7)19-2)9(17)6-11(16)12(13,14)15;/h3-5,9,11,17H,6,16H2,1-2H3;1H/t9-,11-;/m1./s1. The molecular weight excluding hydrogens is 299 g/mol. The normalized spacial score (nSPS) is 14.2. The summed E-state index contributed by atoms with van der Waals surface area (Å²) in [6.45, 7) is 0. The van der Waals surface area contributed by atoms with E-state index in [0.29, 0.717) is 5.75 Å². The first-order valence-electron chi connectivity index (χ1n) is 5.52. The second-order valence-electron chi connectivity index (χ2n) is 4.01. The number of methoxy groups -OCH3 is 2. The van der Waals surface area contributed by atoms with Crippen LogP contribution in [0.1, 0.15) is 18.1 Å². The first kappa shape index (κ1) is 18.8. The van der Waals surface area contributed by atoms with Crippen molar-refractivity contribution >= 4 is 12.4 Å². The third-order valence-corrected chi connectivity index (χ3v) is 2.70. The molecule has 1 rings (SSSR count). The lowest BCUT2D eigenvalue weighted by molar-refractivity contribution is -0.153. The van der Waals surface area contributed by atoms with Gasteiger partial charge in [0.2, 0.25) is 0 Å². The Labute approximate surface area is 121 Å². The second-order valence-corrected chi connectivity index (χ2v) is 4.01. The number of hydrogen-bond acceptors (Lipinski definition) is 4. The van der Waals surface area contributed by atoms with Crippen molar-refractivity contribution in [1.82, 2.24) is 0 Å². The first-order valence-corrected chi connectivity index (χ1v) is 5.52. The van der Waals surface area contributed by atoms with Gasteiger partial charge in [-0.1, -0.05) is 0 Å². The maximum Gasteiger partial charge on any atom is 0.403 e. The summed E-state index contributed by atoms with van der Waals surface area (Å²) < 4.78 is 47.0. The summed E-state index contributed by atoms with van der Waals surface area (Å²) >= 11 is 0. The second kappa shape index (κ2) is 7.56. The molecule has 0 heterocycles. The third-order valence-electron chi connectivity index (χ3n) is 2.70. The minimum atomic E-state index is -4.54. The predicted molar refractivity (Wildman–Crippen MR) is 70.4 cm³/mol. The van der Waals surface area contributed by atoms with Crippen molar-refractivity contribution in [3.63, 3.8) is 0 Å². The van der Waals surface area contributed by atoms with Crippen LogP contribution in [-0.4, -0.2) is 31.5 Å². The smallest absolute Gasteiger partial charge is 0.403 e. The fraction of sp³-hybridized carbons (Fsp3) is 0.500. The molecule has 0 unspecified atom stereocenters. The van der Waals surface area contributed by atoms with Crippen molar-refractivity contribution in [2.45, 2.75) is 24.7 Å². The number of benzene rings is 1. The highest BCUT2D eigenvalue weighted by molar-refractivity contribution is 5.85. The Morgan fingerprint density at radius 3 is 2.30 bits per heavy atom. The van der Waals surface area contributed by atoms with Crippen LogP contribution in [0.5, 0.6) is 11.5 Å². The Hall–Kier alpha value is -1.18. The number of hydrogen-bond donors (Lipinski definition) is 2. The van der Waals surface area contributed by atoms with Gasteiger partial charge in [0.1, 0.15) is 17.5 Å². The van der Waals surface area contributed by atoms with Crippen LogP contribution in [0.15, 0.2) is 18.2 Å². The fourth-order valence-electron chi connectivity index (χ4n) is 1.59. The highest BCUT2D eigenvalue weighted by Gasteiger charge is 2.38. The molecule has 0 spiro atoms. The zero-order valence-corrected chi connectivity index (χ0v) is 11.8. The van der Waals surface area contributed by atoms with Gasteiger partial charge in [-0.15, -0.1) is 12.4 Å². The van der Waals surface area contributed by atoms with Gasteiger partial charge >= 0.3 is 6.18 Å². The molecule has 1 aromatic carbocycles. The SMILES string of the molecule is COc1ccc([C@H](O)C[C@@H](N)C(F)(F)F)c(OC)c1.Cl. The number of nitrogens with two attached hydrogens (primary N) is 1. The van der Waals surface area contributed by atoms with Crippen molar-refractivity contribution in [3.8, 4) is 11.5 Å². The molecular formula is C12H17ClF3NO3. The summed E-state index contributed by atoms with van der Waals surface area (Å²) in [6, 6.07) is 2.37. The van der Waals surface area contributed by atoms with Gasteiger partial charge in [0, 0.05) is 18.1 Å². The number of alkyl halides is 3. The number of aliphatic hydroxyl groups is 1. The van der Waals surface area contributed by atoms with Crippen LogP contribution in [-0.2, 0) is 0 Å². The molecule has 20 heavy (non-hydrogen) atoms. The van der Waals surface area contributed by atoms with Crippen LogP contribution in [0, 0.1) is 0 Å². The van der Waals surface area contributed by atoms with Gasteiger partial charge in [-0.2, -0.15) is 13.2 Å². The van der Waals surface area contributed by atoms with Gasteiger partial charge in [0.15, 0.2) is 0 Å². The summed E-state index contributed by atoms with van der Waals surface area (Å²) in [5.41, 5.74) is 5.22.